The minimum Gasteiger partial charge on any atom is -0.480 e. The fraction of sp³-hybridized carbons (Fsp3) is 0.538. The third-order valence-corrected chi connectivity index (χ3v) is 4.44. The van der Waals surface area contributed by atoms with E-state index in [2.05, 4.69) is 31.5 Å². The highest BCUT2D eigenvalue weighted by Crippen LogP contribution is 2.31. The Balaban J connectivity index is 1.93. The van der Waals surface area contributed by atoms with Crippen LogP contribution in [0.25, 0.3) is 0 Å². The van der Waals surface area contributed by atoms with Crippen LogP contribution in [0.2, 0.25) is 0 Å². The van der Waals surface area contributed by atoms with Crippen molar-refractivity contribution in [1.82, 2.24) is 10.3 Å². The highest BCUT2D eigenvalue weighted by Gasteiger charge is 2.29. The van der Waals surface area contributed by atoms with E-state index in [1.54, 1.807) is 13.3 Å². The fourth-order valence-corrected chi connectivity index (χ4v) is 2.65. The number of aliphatic hydroxyl groups excluding tert-OH is 1. The predicted molar refractivity (Wildman–Crippen MR) is 79.0 cm³/mol. The largest absolute Gasteiger partial charge is 0.480 e. The molecule has 1 aromatic heterocycles. The zero-order valence-corrected chi connectivity index (χ0v) is 13.0. The van der Waals surface area contributed by atoms with Crippen molar-refractivity contribution in [2.24, 2.45) is 5.92 Å². The Kier molecular flexibility index (Phi) is 4.82. The molecule has 0 aromatic carbocycles. The molecule has 2 amide bonds. The molecule has 0 spiro atoms. The number of aromatic nitrogens is 1. The molecule has 0 radical (unpaired) electrons. The average Bonchev–Trinajstić information content (AvgIpc) is 2.39. The van der Waals surface area contributed by atoms with Crippen molar-refractivity contribution < 1.29 is 14.6 Å². The van der Waals surface area contributed by atoms with E-state index in [-0.39, 0.29) is 18.7 Å². The molecule has 1 fully saturated rings. The number of methoxy groups -OCH3 is 1. The SMILES string of the molecule is COc1ncc(NC(=O)NC2CC(CO)C2)c(C)c1Br. The molecule has 2 rings (SSSR count). The van der Waals surface area contributed by atoms with Gasteiger partial charge in [0.05, 0.1) is 23.5 Å². The molecule has 0 bridgehead atoms. The third-order valence-electron chi connectivity index (χ3n) is 3.50. The Morgan fingerprint density at radius 3 is 2.90 bits per heavy atom. The summed E-state index contributed by atoms with van der Waals surface area (Å²) in [6.45, 7) is 2.06. The van der Waals surface area contributed by atoms with Gasteiger partial charge in [-0.25, -0.2) is 9.78 Å². The molecule has 6 nitrogen and oxygen atoms in total. The number of carbonyl (C=O) groups excluding carboxylic acids is 1. The Bertz CT molecular complexity index is 504. The molecular weight excluding hydrogens is 326 g/mol. The Labute approximate surface area is 126 Å². The molecule has 3 N–H and O–H groups in total. The maximum Gasteiger partial charge on any atom is 0.319 e. The lowest BCUT2D eigenvalue weighted by atomic mass is 9.81. The molecule has 7 heteroatoms. The van der Waals surface area contributed by atoms with Crippen LogP contribution in [0, 0.1) is 12.8 Å². The fourth-order valence-electron chi connectivity index (χ4n) is 2.17. The van der Waals surface area contributed by atoms with Crippen LogP contribution in [-0.2, 0) is 0 Å². The number of ether oxygens (including phenoxy) is 1. The summed E-state index contributed by atoms with van der Waals surface area (Å²) in [6.07, 6.45) is 3.22. The van der Waals surface area contributed by atoms with Crippen LogP contribution in [-0.4, -0.2) is 35.9 Å². The summed E-state index contributed by atoms with van der Waals surface area (Å²) >= 11 is 3.39. The number of anilines is 1. The van der Waals surface area contributed by atoms with Gasteiger partial charge in [0.2, 0.25) is 5.88 Å². The van der Waals surface area contributed by atoms with Crippen LogP contribution < -0.4 is 15.4 Å². The van der Waals surface area contributed by atoms with E-state index in [4.69, 9.17) is 9.84 Å². The normalized spacial score (nSPS) is 21.0. The zero-order chi connectivity index (χ0) is 14.7. The molecule has 1 saturated carbocycles. The lowest BCUT2D eigenvalue weighted by Gasteiger charge is -2.34. The van der Waals surface area contributed by atoms with Gasteiger partial charge in [-0.05, 0) is 47.2 Å². The second kappa shape index (κ2) is 6.41. The highest BCUT2D eigenvalue weighted by atomic mass is 79.9. The molecule has 1 aliphatic carbocycles. The highest BCUT2D eigenvalue weighted by molar-refractivity contribution is 9.10. The number of amides is 2. The smallest absolute Gasteiger partial charge is 0.319 e. The molecule has 1 aromatic rings. The third kappa shape index (κ3) is 3.21. The summed E-state index contributed by atoms with van der Waals surface area (Å²) in [7, 11) is 1.54. The van der Waals surface area contributed by atoms with Crippen LogP contribution >= 0.6 is 15.9 Å². The molecule has 0 unspecified atom stereocenters. The number of aliphatic hydroxyl groups is 1. The summed E-state index contributed by atoms with van der Waals surface area (Å²) < 4.78 is 5.81. The second-order valence-corrected chi connectivity index (χ2v) is 5.73. The van der Waals surface area contributed by atoms with Crippen molar-refractivity contribution in [3.8, 4) is 5.88 Å². The Morgan fingerprint density at radius 1 is 1.60 bits per heavy atom. The van der Waals surface area contributed by atoms with Crippen LogP contribution in [0.5, 0.6) is 5.88 Å². The monoisotopic (exact) mass is 343 g/mol. The van der Waals surface area contributed by atoms with Gasteiger partial charge in [-0.15, -0.1) is 0 Å². The van der Waals surface area contributed by atoms with Crippen LogP contribution in [0.1, 0.15) is 18.4 Å². The Morgan fingerprint density at radius 2 is 2.30 bits per heavy atom. The number of rotatable bonds is 4. The number of carbonyl (C=O) groups is 1. The summed E-state index contributed by atoms with van der Waals surface area (Å²) in [5.74, 6) is 0.803. The summed E-state index contributed by atoms with van der Waals surface area (Å²) in [5.41, 5.74) is 1.49. The van der Waals surface area contributed by atoms with Gasteiger partial charge in [-0.2, -0.15) is 0 Å². The van der Waals surface area contributed by atoms with Gasteiger partial charge in [0.15, 0.2) is 0 Å². The summed E-state index contributed by atoms with van der Waals surface area (Å²) in [4.78, 5) is 16.0. The van der Waals surface area contributed by atoms with E-state index in [0.717, 1.165) is 22.9 Å². The van der Waals surface area contributed by atoms with Crippen molar-refractivity contribution in [2.75, 3.05) is 19.0 Å². The summed E-state index contributed by atoms with van der Waals surface area (Å²) in [5, 5.41) is 14.6. The zero-order valence-electron chi connectivity index (χ0n) is 11.4. The lowest BCUT2D eigenvalue weighted by molar-refractivity contribution is 0.130. The van der Waals surface area contributed by atoms with Crippen molar-refractivity contribution in [2.45, 2.75) is 25.8 Å². The number of nitrogens with zero attached hydrogens (tertiary/aromatic N) is 1. The van der Waals surface area contributed by atoms with Crippen molar-refractivity contribution in [3.63, 3.8) is 0 Å². The number of urea groups is 1. The molecule has 110 valence electrons. The number of halogens is 1. The van der Waals surface area contributed by atoms with Gasteiger partial charge in [0.1, 0.15) is 0 Å². The first kappa shape index (κ1) is 15.1. The minimum absolute atomic E-state index is 0.141. The van der Waals surface area contributed by atoms with Gasteiger partial charge in [0.25, 0.3) is 0 Å². The van der Waals surface area contributed by atoms with Crippen LogP contribution in [0.3, 0.4) is 0 Å². The van der Waals surface area contributed by atoms with E-state index in [1.165, 1.54) is 0 Å². The molecule has 1 aliphatic rings. The number of hydrogen-bond acceptors (Lipinski definition) is 4. The standard InChI is InChI=1S/C13H18BrN3O3/c1-7-10(5-15-12(20-2)11(7)14)17-13(19)16-9-3-8(4-9)6-18/h5,8-9,18H,3-4,6H2,1-2H3,(H2,16,17,19). The Hall–Kier alpha value is -1.34. The maximum absolute atomic E-state index is 11.9. The summed E-state index contributed by atoms with van der Waals surface area (Å²) in [6, 6.07) is -0.115. The number of hydrogen-bond donors (Lipinski definition) is 3. The molecule has 20 heavy (non-hydrogen) atoms. The first-order chi connectivity index (χ1) is 9.55. The molecule has 0 atom stereocenters. The van der Waals surface area contributed by atoms with Gasteiger partial charge >= 0.3 is 6.03 Å². The number of nitrogens with one attached hydrogen (secondary N) is 2. The van der Waals surface area contributed by atoms with E-state index >= 15 is 0 Å². The maximum atomic E-state index is 11.9. The van der Waals surface area contributed by atoms with Crippen molar-refractivity contribution in [3.05, 3.63) is 16.2 Å². The van der Waals surface area contributed by atoms with Crippen LogP contribution in [0.15, 0.2) is 10.7 Å². The van der Waals surface area contributed by atoms with Gasteiger partial charge in [-0.1, -0.05) is 0 Å². The van der Waals surface area contributed by atoms with E-state index in [9.17, 15) is 4.79 Å². The van der Waals surface area contributed by atoms with Crippen LogP contribution in [0.4, 0.5) is 10.5 Å². The van der Waals surface area contributed by atoms with E-state index in [0.29, 0.717) is 17.5 Å². The average molecular weight is 344 g/mol. The predicted octanol–water partition coefficient (Wildman–Crippen LogP) is 2.05. The molecule has 0 aliphatic heterocycles. The van der Waals surface area contributed by atoms with Gasteiger partial charge in [0, 0.05) is 12.6 Å². The quantitative estimate of drug-likeness (QED) is 0.781. The van der Waals surface area contributed by atoms with Crippen molar-refractivity contribution in [1.29, 1.82) is 0 Å². The number of pyridine rings is 1. The molecule has 1 heterocycles. The van der Waals surface area contributed by atoms with E-state index < -0.39 is 0 Å². The first-order valence-corrected chi connectivity index (χ1v) is 7.22. The minimum atomic E-state index is -0.256. The molecular formula is C13H18BrN3O3. The molecule has 0 saturated heterocycles. The van der Waals surface area contributed by atoms with Gasteiger partial charge in [-0.3, -0.25) is 0 Å². The van der Waals surface area contributed by atoms with E-state index in [1.807, 2.05) is 6.92 Å². The lowest BCUT2D eigenvalue weighted by Crippen LogP contribution is -2.46. The topological polar surface area (TPSA) is 83.5 Å². The van der Waals surface area contributed by atoms with Crippen molar-refractivity contribution >= 4 is 27.6 Å². The first-order valence-electron chi connectivity index (χ1n) is 6.42. The second-order valence-electron chi connectivity index (χ2n) is 4.94. The van der Waals surface area contributed by atoms with Gasteiger partial charge < -0.3 is 20.5 Å².